The second kappa shape index (κ2) is 6.31. The zero-order valence-corrected chi connectivity index (χ0v) is 13.0. The first-order valence-electron chi connectivity index (χ1n) is 6.94. The molecule has 3 nitrogen and oxygen atoms in total. The van der Waals surface area contributed by atoms with E-state index in [4.69, 9.17) is 4.74 Å². The lowest BCUT2D eigenvalue weighted by atomic mass is 10.0. The van der Waals surface area contributed by atoms with Gasteiger partial charge in [0, 0.05) is 12.1 Å². The van der Waals surface area contributed by atoms with E-state index in [2.05, 4.69) is 21.2 Å². The van der Waals surface area contributed by atoms with Crippen molar-refractivity contribution >= 4 is 21.8 Å². The lowest BCUT2D eigenvalue weighted by Crippen LogP contribution is -2.32. The molecule has 0 saturated heterocycles. The Labute approximate surface area is 132 Å². The van der Waals surface area contributed by atoms with Crippen molar-refractivity contribution in [3.05, 3.63) is 65.7 Å². The Morgan fingerprint density at radius 1 is 1.19 bits per heavy atom. The van der Waals surface area contributed by atoms with Crippen LogP contribution in [0.1, 0.15) is 21.9 Å². The first-order valence-corrected chi connectivity index (χ1v) is 7.85. The Bertz CT molecular complexity index is 630. The molecule has 0 saturated carbocycles. The summed E-state index contributed by atoms with van der Waals surface area (Å²) in [6.07, 6.45) is 0. The van der Waals surface area contributed by atoms with Crippen LogP contribution in [0, 0.1) is 0 Å². The molecule has 1 aliphatic rings. The Balaban J connectivity index is 1.61. The number of hydrogen-bond acceptors (Lipinski definition) is 2. The van der Waals surface area contributed by atoms with E-state index < -0.39 is 0 Å². The van der Waals surface area contributed by atoms with Crippen molar-refractivity contribution in [2.75, 3.05) is 13.2 Å². The van der Waals surface area contributed by atoms with Gasteiger partial charge in [0.05, 0.1) is 4.83 Å². The first-order chi connectivity index (χ1) is 10.3. The quantitative estimate of drug-likeness (QED) is 0.862. The van der Waals surface area contributed by atoms with Crippen LogP contribution in [0.15, 0.2) is 54.6 Å². The predicted octanol–water partition coefficient (Wildman–Crippen LogP) is 3.42. The van der Waals surface area contributed by atoms with Gasteiger partial charge in [0.25, 0.3) is 0 Å². The second-order valence-electron chi connectivity index (χ2n) is 5.02. The van der Waals surface area contributed by atoms with Crippen molar-refractivity contribution in [1.82, 2.24) is 5.32 Å². The molecule has 4 heteroatoms. The van der Waals surface area contributed by atoms with Gasteiger partial charge in [-0.05, 0) is 11.6 Å². The summed E-state index contributed by atoms with van der Waals surface area (Å²) in [5.41, 5.74) is 2.13. The van der Waals surface area contributed by atoms with Crippen molar-refractivity contribution in [2.45, 2.75) is 10.7 Å². The molecule has 1 N–H and O–H groups in total. The number of carbonyl (C=O) groups excluding carboxylic acids is 1. The molecule has 0 bridgehead atoms. The maximum absolute atomic E-state index is 12.3. The van der Waals surface area contributed by atoms with E-state index in [1.807, 2.05) is 54.6 Å². The minimum absolute atomic E-state index is 0.0142. The van der Waals surface area contributed by atoms with Gasteiger partial charge in [-0.25, -0.2) is 0 Å². The summed E-state index contributed by atoms with van der Waals surface area (Å²) in [5.74, 6) is 0.619. The third-order valence-electron chi connectivity index (χ3n) is 3.63. The van der Waals surface area contributed by atoms with Crippen molar-refractivity contribution < 1.29 is 9.53 Å². The fourth-order valence-corrected chi connectivity index (χ4v) is 2.94. The van der Waals surface area contributed by atoms with Crippen molar-refractivity contribution in [3.8, 4) is 5.75 Å². The number of fused-ring (bicyclic) bond motifs is 1. The molecule has 2 unspecified atom stereocenters. The van der Waals surface area contributed by atoms with Gasteiger partial charge >= 0.3 is 0 Å². The summed E-state index contributed by atoms with van der Waals surface area (Å²) in [4.78, 5) is 12.4. The summed E-state index contributed by atoms with van der Waals surface area (Å²) in [6.45, 7) is 0.977. The summed E-state index contributed by atoms with van der Waals surface area (Å²) in [6, 6.07) is 17.8. The Morgan fingerprint density at radius 2 is 1.90 bits per heavy atom. The van der Waals surface area contributed by atoms with Crippen molar-refractivity contribution in [3.63, 3.8) is 0 Å². The normalized spacial score (nSPS) is 17.7. The minimum Gasteiger partial charge on any atom is -0.492 e. The van der Waals surface area contributed by atoms with Crippen LogP contribution in [0.4, 0.5) is 0 Å². The summed E-state index contributed by atoms with van der Waals surface area (Å²) in [5, 5.41) is 3.00. The third kappa shape index (κ3) is 3.10. The number of nitrogens with one attached hydrogen (secondary N) is 1. The van der Waals surface area contributed by atoms with E-state index in [0.717, 1.165) is 16.9 Å². The Morgan fingerprint density at radius 3 is 2.71 bits per heavy atom. The van der Waals surface area contributed by atoms with E-state index in [9.17, 15) is 4.79 Å². The maximum Gasteiger partial charge on any atom is 0.231 e. The highest BCUT2D eigenvalue weighted by Gasteiger charge is 2.30. The number of halogens is 1. The molecule has 0 radical (unpaired) electrons. The molecule has 1 aliphatic heterocycles. The smallest absolute Gasteiger partial charge is 0.231 e. The predicted molar refractivity (Wildman–Crippen MR) is 85.8 cm³/mol. The maximum atomic E-state index is 12.3. The van der Waals surface area contributed by atoms with Gasteiger partial charge in [-0.1, -0.05) is 64.5 Å². The summed E-state index contributed by atoms with van der Waals surface area (Å²) >= 11 is 3.61. The number of benzene rings is 2. The molecule has 1 heterocycles. The average Bonchev–Trinajstić information content (AvgIpc) is 2.97. The van der Waals surface area contributed by atoms with Gasteiger partial charge in [0.1, 0.15) is 18.3 Å². The van der Waals surface area contributed by atoms with Gasteiger partial charge in [0.15, 0.2) is 0 Å². The molecular formula is C17H16BrNO2. The molecule has 1 amide bonds. The van der Waals surface area contributed by atoms with Crippen LogP contribution in [-0.4, -0.2) is 19.1 Å². The summed E-state index contributed by atoms with van der Waals surface area (Å²) < 4.78 is 5.55. The highest BCUT2D eigenvalue weighted by Crippen LogP contribution is 2.33. The van der Waals surface area contributed by atoms with E-state index in [0.29, 0.717) is 13.2 Å². The molecule has 2 aromatic carbocycles. The third-order valence-corrected chi connectivity index (χ3v) is 4.49. The molecule has 2 aromatic rings. The molecule has 2 atom stereocenters. The van der Waals surface area contributed by atoms with Crippen LogP contribution in [-0.2, 0) is 4.79 Å². The minimum atomic E-state index is -0.211. The summed E-state index contributed by atoms with van der Waals surface area (Å²) in [7, 11) is 0. The zero-order valence-electron chi connectivity index (χ0n) is 11.5. The number of ether oxygens (including phenoxy) is 1. The van der Waals surface area contributed by atoms with Gasteiger partial charge in [0.2, 0.25) is 5.91 Å². The number of carbonyl (C=O) groups is 1. The Kier molecular flexibility index (Phi) is 4.25. The fraction of sp³-hybridized carbons (Fsp3) is 0.235. The van der Waals surface area contributed by atoms with Crippen LogP contribution in [0.25, 0.3) is 0 Å². The van der Waals surface area contributed by atoms with Crippen LogP contribution in [0.3, 0.4) is 0 Å². The molecule has 0 spiro atoms. The second-order valence-corrected chi connectivity index (χ2v) is 6.13. The largest absolute Gasteiger partial charge is 0.492 e. The molecule has 108 valence electrons. The van der Waals surface area contributed by atoms with E-state index in [-0.39, 0.29) is 16.7 Å². The average molecular weight is 346 g/mol. The molecule has 0 aliphatic carbocycles. The number of para-hydroxylation sites is 1. The Hall–Kier alpha value is -1.81. The SMILES string of the molecule is O=C(NCC(Br)c1ccccc1)C1COc2ccccc21. The van der Waals surface area contributed by atoms with Gasteiger partial charge in [-0.2, -0.15) is 0 Å². The van der Waals surface area contributed by atoms with Gasteiger partial charge in [-0.3, -0.25) is 4.79 Å². The molecule has 21 heavy (non-hydrogen) atoms. The number of amides is 1. The van der Waals surface area contributed by atoms with E-state index in [1.54, 1.807) is 0 Å². The molecule has 0 fully saturated rings. The fourth-order valence-electron chi connectivity index (χ4n) is 2.47. The monoisotopic (exact) mass is 345 g/mol. The zero-order chi connectivity index (χ0) is 14.7. The van der Waals surface area contributed by atoms with Gasteiger partial charge < -0.3 is 10.1 Å². The topological polar surface area (TPSA) is 38.3 Å². The highest BCUT2D eigenvalue weighted by molar-refractivity contribution is 9.09. The van der Waals surface area contributed by atoms with Crippen LogP contribution in [0.2, 0.25) is 0 Å². The first kappa shape index (κ1) is 14.1. The van der Waals surface area contributed by atoms with E-state index in [1.165, 1.54) is 0 Å². The molecule has 3 rings (SSSR count). The van der Waals surface area contributed by atoms with Crippen LogP contribution in [0.5, 0.6) is 5.75 Å². The molecular weight excluding hydrogens is 330 g/mol. The van der Waals surface area contributed by atoms with Crippen molar-refractivity contribution in [2.24, 2.45) is 0 Å². The van der Waals surface area contributed by atoms with Crippen LogP contribution >= 0.6 is 15.9 Å². The van der Waals surface area contributed by atoms with Gasteiger partial charge in [-0.15, -0.1) is 0 Å². The highest BCUT2D eigenvalue weighted by atomic mass is 79.9. The van der Waals surface area contributed by atoms with Crippen LogP contribution < -0.4 is 10.1 Å². The standard InChI is InChI=1S/C17H16BrNO2/c18-15(12-6-2-1-3-7-12)10-19-17(20)14-11-21-16-9-5-4-8-13(14)16/h1-9,14-15H,10-11H2,(H,19,20). The number of rotatable bonds is 4. The molecule has 0 aromatic heterocycles. The lowest BCUT2D eigenvalue weighted by molar-refractivity contribution is -0.122. The lowest BCUT2D eigenvalue weighted by Gasteiger charge is -2.14. The van der Waals surface area contributed by atoms with E-state index >= 15 is 0 Å². The number of hydrogen-bond donors (Lipinski definition) is 1. The number of alkyl halides is 1. The van der Waals surface area contributed by atoms with Crippen molar-refractivity contribution in [1.29, 1.82) is 0 Å².